The van der Waals surface area contributed by atoms with E-state index < -0.39 is 35.0 Å². The van der Waals surface area contributed by atoms with Gasteiger partial charge in [-0.2, -0.15) is 13.2 Å². The minimum absolute atomic E-state index is 0.163. The van der Waals surface area contributed by atoms with Crippen LogP contribution in [0, 0.1) is 11.6 Å². The van der Waals surface area contributed by atoms with Gasteiger partial charge in [-0.1, -0.05) is 0 Å². The summed E-state index contributed by atoms with van der Waals surface area (Å²) in [6.45, 7) is 0. The van der Waals surface area contributed by atoms with Crippen LogP contribution in [-0.2, 0) is 6.18 Å². The van der Waals surface area contributed by atoms with Crippen molar-refractivity contribution < 1.29 is 22.0 Å². The third kappa shape index (κ3) is 3.17. The Morgan fingerprint density at radius 2 is 1.81 bits per heavy atom. The average Bonchev–Trinajstić information content (AvgIpc) is 2.40. The summed E-state index contributed by atoms with van der Waals surface area (Å²) < 4.78 is 66.0. The maximum Gasteiger partial charge on any atom is 0.416 e. The number of hydrogen-bond donors (Lipinski definition) is 2. The van der Waals surface area contributed by atoms with Crippen molar-refractivity contribution in [3.8, 4) is 0 Å². The lowest BCUT2D eigenvalue weighted by Crippen LogP contribution is -2.31. The van der Waals surface area contributed by atoms with Crippen LogP contribution in [-0.4, -0.2) is 4.98 Å². The van der Waals surface area contributed by atoms with Crippen molar-refractivity contribution in [3.63, 3.8) is 0 Å². The second-order valence-corrected chi connectivity index (χ2v) is 4.23. The maximum atomic E-state index is 13.7. The molecule has 1 heterocycles. The Balaban J connectivity index is 2.63. The van der Waals surface area contributed by atoms with Crippen molar-refractivity contribution in [2.45, 2.75) is 12.2 Å². The van der Waals surface area contributed by atoms with Crippen molar-refractivity contribution >= 4 is 0 Å². The van der Waals surface area contributed by atoms with Gasteiger partial charge in [0.25, 0.3) is 0 Å². The fraction of sp³-hybridized carbons (Fsp3) is 0.154. The molecule has 2 aromatic rings. The number of hydrazine groups is 1. The Labute approximate surface area is 116 Å². The van der Waals surface area contributed by atoms with E-state index in [1.807, 2.05) is 0 Å². The lowest BCUT2D eigenvalue weighted by molar-refractivity contribution is -0.138. The van der Waals surface area contributed by atoms with E-state index >= 15 is 0 Å². The van der Waals surface area contributed by atoms with Crippen LogP contribution in [0.15, 0.2) is 36.7 Å². The molecule has 0 aliphatic carbocycles. The van der Waals surface area contributed by atoms with E-state index in [1.165, 1.54) is 12.3 Å². The number of nitrogens with one attached hydrogen (secondary N) is 1. The van der Waals surface area contributed by atoms with Crippen molar-refractivity contribution in [1.82, 2.24) is 10.4 Å². The Bertz CT molecular complexity index is 642. The summed E-state index contributed by atoms with van der Waals surface area (Å²) in [4.78, 5) is 3.50. The van der Waals surface area contributed by atoms with Crippen LogP contribution in [0.5, 0.6) is 0 Å². The molecule has 0 aliphatic heterocycles. The molecule has 21 heavy (non-hydrogen) atoms. The van der Waals surface area contributed by atoms with Crippen molar-refractivity contribution in [1.29, 1.82) is 0 Å². The van der Waals surface area contributed by atoms with E-state index in [9.17, 15) is 22.0 Å². The number of hydrogen-bond acceptors (Lipinski definition) is 3. The number of benzene rings is 1. The summed E-state index contributed by atoms with van der Waals surface area (Å²) in [5.41, 5.74) is 0.318. The summed E-state index contributed by atoms with van der Waals surface area (Å²) in [5.74, 6) is 3.51. The number of halogens is 5. The molecule has 0 aliphatic rings. The first-order chi connectivity index (χ1) is 9.84. The average molecular weight is 303 g/mol. The van der Waals surface area contributed by atoms with Gasteiger partial charge in [-0.05, 0) is 29.8 Å². The normalized spacial score (nSPS) is 13.2. The predicted molar refractivity (Wildman–Crippen MR) is 64.8 cm³/mol. The quantitative estimate of drug-likeness (QED) is 0.521. The van der Waals surface area contributed by atoms with Crippen LogP contribution >= 0.6 is 0 Å². The molecule has 0 saturated heterocycles. The predicted octanol–water partition coefficient (Wildman–Crippen LogP) is 2.93. The Kier molecular flexibility index (Phi) is 4.19. The zero-order valence-electron chi connectivity index (χ0n) is 10.5. The van der Waals surface area contributed by atoms with Crippen LogP contribution in [0.1, 0.15) is 22.7 Å². The highest BCUT2D eigenvalue weighted by molar-refractivity contribution is 5.39. The molecule has 8 heteroatoms. The highest BCUT2D eigenvalue weighted by Gasteiger charge is 2.36. The van der Waals surface area contributed by atoms with E-state index in [0.717, 1.165) is 6.20 Å². The van der Waals surface area contributed by atoms with Crippen LogP contribution in [0.2, 0.25) is 0 Å². The largest absolute Gasteiger partial charge is 0.416 e. The van der Waals surface area contributed by atoms with Crippen molar-refractivity contribution in [2.24, 2.45) is 5.84 Å². The van der Waals surface area contributed by atoms with Crippen LogP contribution in [0.4, 0.5) is 22.0 Å². The van der Waals surface area contributed by atoms with Crippen LogP contribution in [0.3, 0.4) is 0 Å². The molecule has 1 aromatic carbocycles. The number of rotatable bonds is 3. The number of alkyl halides is 3. The first-order valence-corrected chi connectivity index (χ1v) is 5.76. The molecule has 0 saturated carbocycles. The molecule has 0 fully saturated rings. The molecule has 2 rings (SSSR count). The molecule has 1 aromatic heterocycles. The van der Waals surface area contributed by atoms with Gasteiger partial charge in [0.2, 0.25) is 0 Å². The first-order valence-electron chi connectivity index (χ1n) is 5.76. The summed E-state index contributed by atoms with van der Waals surface area (Å²) >= 11 is 0. The van der Waals surface area contributed by atoms with E-state index in [4.69, 9.17) is 5.84 Å². The van der Waals surface area contributed by atoms with Gasteiger partial charge < -0.3 is 0 Å². The van der Waals surface area contributed by atoms with Gasteiger partial charge in [0, 0.05) is 11.8 Å². The van der Waals surface area contributed by atoms with Gasteiger partial charge in [0.05, 0.1) is 17.8 Å². The third-order valence-corrected chi connectivity index (χ3v) is 2.91. The van der Waals surface area contributed by atoms with Crippen LogP contribution < -0.4 is 11.3 Å². The lowest BCUT2D eigenvalue weighted by atomic mass is 9.94. The highest BCUT2D eigenvalue weighted by Crippen LogP contribution is 2.37. The molecule has 1 unspecified atom stereocenters. The Morgan fingerprint density at radius 1 is 1.10 bits per heavy atom. The molecule has 0 radical (unpaired) electrons. The fourth-order valence-electron chi connectivity index (χ4n) is 2.00. The Hall–Kier alpha value is -2.06. The standard InChI is InChI=1S/C13H10F5N3/c14-7-1-2-10(13(16,17)18)9(5-7)12(21-19)8-3-4-20-6-11(8)15/h1-6,12,21H,19H2. The topological polar surface area (TPSA) is 50.9 Å². The molecule has 0 spiro atoms. The van der Waals surface area contributed by atoms with E-state index in [1.54, 1.807) is 0 Å². The molecule has 0 amide bonds. The van der Waals surface area contributed by atoms with Gasteiger partial charge in [0.15, 0.2) is 0 Å². The van der Waals surface area contributed by atoms with Gasteiger partial charge in [-0.25, -0.2) is 14.2 Å². The summed E-state index contributed by atoms with van der Waals surface area (Å²) in [7, 11) is 0. The maximum absolute atomic E-state index is 13.7. The highest BCUT2D eigenvalue weighted by atomic mass is 19.4. The SMILES string of the molecule is NNC(c1ccncc1F)c1cc(F)ccc1C(F)(F)F. The van der Waals surface area contributed by atoms with E-state index in [2.05, 4.69) is 10.4 Å². The number of aromatic nitrogens is 1. The zero-order chi connectivity index (χ0) is 15.6. The van der Waals surface area contributed by atoms with Crippen LogP contribution in [0.25, 0.3) is 0 Å². The van der Waals surface area contributed by atoms with E-state index in [0.29, 0.717) is 18.2 Å². The first kappa shape index (κ1) is 15.3. The van der Waals surface area contributed by atoms with Gasteiger partial charge in [-0.3, -0.25) is 10.8 Å². The summed E-state index contributed by atoms with van der Waals surface area (Å²) in [5, 5.41) is 0. The second-order valence-electron chi connectivity index (χ2n) is 4.23. The van der Waals surface area contributed by atoms with Gasteiger partial charge in [-0.15, -0.1) is 0 Å². The zero-order valence-corrected chi connectivity index (χ0v) is 10.5. The molecule has 1 atom stereocenters. The molecular formula is C13H10F5N3. The molecular weight excluding hydrogens is 293 g/mol. The smallest absolute Gasteiger partial charge is 0.271 e. The van der Waals surface area contributed by atoms with Gasteiger partial charge in [0.1, 0.15) is 11.6 Å². The molecule has 0 bridgehead atoms. The monoisotopic (exact) mass is 303 g/mol. The van der Waals surface area contributed by atoms with Gasteiger partial charge >= 0.3 is 6.18 Å². The number of nitrogens with two attached hydrogens (primary N) is 1. The lowest BCUT2D eigenvalue weighted by Gasteiger charge is -2.21. The third-order valence-electron chi connectivity index (χ3n) is 2.91. The van der Waals surface area contributed by atoms with E-state index in [-0.39, 0.29) is 5.56 Å². The minimum Gasteiger partial charge on any atom is -0.271 e. The minimum atomic E-state index is -4.72. The number of nitrogens with zero attached hydrogens (tertiary/aromatic N) is 1. The second kappa shape index (κ2) is 5.74. The molecule has 112 valence electrons. The Morgan fingerprint density at radius 3 is 2.38 bits per heavy atom. The molecule has 3 nitrogen and oxygen atoms in total. The summed E-state index contributed by atoms with van der Waals surface area (Å²) in [6.07, 6.45) is -2.68. The van der Waals surface area contributed by atoms with Crippen molar-refractivity contribution in [3.05, 3.63) is 65.0 Å². The summed E-state index contributed by atoms with van der Waals surface area (Å²) in [6, 6.07) is 1.76. The fourth-order valence-corrected chi connectivity index (χ4v) is 2.00. The van der Waals surface area contributed by atoms with Crippen molar-refractivity contribution in [2.75, 3.05) is 0 Å². The number of pyridine rings is 1. The molecule has 3 N–H and O–H groups in total.